The van der Waals surface area contributed by atoms with Crippen LogP contribution >= 0.6 is 0 Å². The summed E-state index contributed by atoms with van der Waals surface area (Å²) in [5, 5.41) is 28.8. The van der Waals surface area contributed by atoms with Gasteiger partial charge in [-0.05, 0) is 12.8 Å². The second-order valence-corrected chi connectivity index (χ2v) is 6.57. The molecule has 0 spiro atoms. The van der Waals surface area contributed by atoms with Gasteiger partial charge in [-0.1, -0.05) is 46.5 Å². The molecular formula is C18H36NO5+. The average Bonchev–Trinajstić information content (AvgIpc) is 2.51. The fourth-order valence-corrected chi connectivity index (χ4v) is 3.84. The van der Waals surface area contributed by atoms with E-state index in [1.165, 1.54) is 12.8 Å². The topological polar surface area (TPSA) is 94.8 Å². The number of aliphatic carboxylic acids is 2. The van der Waals surface area contributed by atoms with Gasteiger partial charge in [-0.3, -0.25) is 4.48 Å². The summed E-state index contributed by atoms with van der Waals surface area (Å²) in [6, 6.07) is -1.59. The number of unbranched alkanes of at least 4 members (excludes halogenated alkanes) is 5. The highest BCUT2D eigenvalue weighted by Crippen LogP contribution is 2.26. The van der Waals surface area contributed by atoms with Gasteiger partial charge >= 0.3 is 11.9 Å². The zero-order chi connectivity index (χ0) is 18.6. The van der Waals surface area contributed by atoms with Crippen LogP contribution in [0.25, 0.3) is 0 Å². The van der Waals surface area contributed by atoms with E-state index in [1.54, 1.807) is 13.8 Å². The smallest absolute Gasteiger partial charge is 0.362 e. The lowest BCUT2D eigenvalue weighted by atomic mass is 9.99. The van der Waals surface area contributed by atoms with Crippen LogP contribution in [0.1, 0.15) is 72.1 Å². The van der Waals surface area contributed by atoms with Gasteiger partial charge in [-0.2, -0.15) is 0 Å². The Hall–Kier alpha value is -1.14. The molecule has 6 nitrogen and oxygen atoms in total. The zero-order valence-corrected chi connectivity index (χ0v) is 15.5. The van der Waals surface area contributed by atoms with Crippen molar-refractivity contribution in [3.63, 3.8) is 0 Å². The molecule has 0 fully saturated rings. The zero-order valence-electron chi connectivity index (χ0n) is 15.5. The molecule has 0 radical (unpaired) electrons. The Bertz CT molecular complexity index is 350. The van der Waals surface area contributed by atoms with Crippen LogP contribution in [-0.4, -0.2) is 63.5 Å². The third-order valence-electron chi connectivity index (χ3n) is 5.03. The van der Waals surface area contributed by atoms with Crippen LogP contribution in [0.15, 0.2) is 0 Å². The number of quaternary nitrogens is 1. The Morgan fingerprint density at radius 3 is 1.62 bits per heavy atom. The highest BCUT2D eigenvalue weighted by Gasteiger charge is 2.48. The fourth-order valence-electron chi connectivity index (χ4n) is 3.84. The van der Waals surface area contributed by atoms with Crippen LogP contribution < -0.4 is 0 Å². The van der Waals surface area contributed by atoms with Crippen molar-refractivity contribution in [3.8, 4) is 0 Å². The van der Waals surface area contributed by atoms with Gasteiger partial charge < -0.3 is 15.3 Å². The summed E-state index contributed by atoms with van der Waals surface area (Å²) in [6.07, 6.45) is 7.07. The number of aliphatic hydroxyl groups excluding tert-OH is 1. The SMILES string of the molecule is CCCCCCCC[N+](CCO)(C(CC)C(=O)O)C(CC)C(=O)O. The molecule has 0 saturated heterocycles. The molecule has 3 N–H and O–H groups in total. The number of carbonyl (C=O) groups is 2. The van der Waals surface area contributed by atoms with E-state index in [0.717, 1.165) is 25.7 Å². The Morgan fingerprint density at radius 2 is 1.25 bits per heavy atom. The Balaban J connectivity index is 5.34. The number of carboxylic acid groups (broad SMARTS) is 2. The molecule has 0 aliphatic heterocycles. The Morgan fingerprint density at radius 1 is 0.792 bits per heavy atom. The van der Waals surface area contributed by atoms with Gasteiger partial charge in [0.2, 0.25) is 0 Å². The molecule has 0 heterocycles. The monoisotopic (exact) mass is 346 g/mol. The first kappa shape index (κ1) is 22.9. The van der Waals surface area contributed by atoms with E-state index in [2.05, 4.69) is 6.92 Å². The standard InChI is InChI=1S/C18H35NO5/c1-4-7-8-9-10-11-12-19(13-14-20,15(5-2)17(21)22)16(6-3)18(23)24/h15-16,20H,4-14H2,1-3H3,(H-,21,22,23,24)/p+1. The van der Waals surface area contributed by atoms with Gasteiger partial charge in [0.1, 0.15) is 6.54 Å². The van der Waals surface area contributed by atoms with Gasteiger partial charge in [0.05, 0.1) is 13.2 Å². The van der Waals surface area contributed by atoms with Crippen LogP contribution in [-0.2, 0) is 9.59 Å². The van der Waals surface area contributed by atoms with E-state index in [9.17, 15) is 24.9 Å². The number of hydrogen-bond donors (Lipinski definition) is 3. The molecule has 2 atom stereocenters. The molecular weight excluding hydrogens is 310 g/mol. The summed E-state index contributed by atoms with van der Waals surface area (Å²) in [5.41, 5.74) is 0. The van der Waals surface area contributed by atoms with Crippen molar-refractivity contribution in [2.75, 3.05) is 19.7 Å². The summed E-state index contributed by atoms with van der Waals surface area (Å²) in [4.78, 5) is 23.6. The normalized spacial score (nSPS) is 16.3. The van der Waals surface area contributed by atoms with Crippen molar-refractivity contribution in [1.82, 2.24) is 0 Å². The van der Waals surface area contributed by atoms with Gasteiger partial charge in [0, 0.05) is 12.8 Å². The predicted molar refractivity (Wildman–Crippen MR) is 93.9 cm³/mol. The van der Waals surface area contributed by atoms with E-state index in [1.807, 2.05) is 0 Å². The third-order valence-corrected chi connectivity index (χ3v) is 5.03. The maximum atomic E-state index is 11.8. The van der Waals surface area contributed by atoms with E-state index in [0.29, 0.717) is 19.4 Å². The second-order valence-electron chi connectivity index (χ2n) is 6.57. The van der Waals surface area contributed by atoms with Crippen molar-refractivity contribution in [2.45, 2.75) is 84.2 Å². The molecule has 2 unspecified atom stereocenters. The number of hydrogen-bond acceptors (Lipinski definition) is 3. The largest absolute Gasteiger partial charge is 0.477 e. The third kappa shape index (κ3) is 6.40. The van der Waals surface area contributed by atoms with E-state index < -0.39 is 24.0 Å². The molecule has 0 aromatic rings. The molecule has 6 heteroatoms. The minimum atomic E-state index is -0.975. The van der Waals surface area contributed by atoms with Crippen molar-refractivity contribution in [3.05, 3.63) is 0 Å². The first-order valence-electron chi connectivity index (χ1n) is 9.34. The van der Waals surface area contributed by atoms with Gasteiger partial charge in [0.15, 0.2) is 12.1 Å². The molecule has 0 aromatic heterocycles. The van der Waals surface area contributed by atoms with Gasteiger partial charge in [-0.15, -0.1) is 0 Å². The van der Waals surface area contributed by atoms with E-state index in [-0.39, 0.29) is 17.6 Å². The van der Waals surface area contributed by atoms with Crippen LogP contribution in [0.2, 0.25) is 0 Å². The quantitative estimate of drug-likeness (QED) is 0.313. The average molecular weight is 346 g/mol. The minimum absolute atomic E-state index is 0.0536. The molecule has 0 amide bonds. The molecule has 0 aliphatic rings. The second kappa shape index (κ2) is 12.3. The summed E-state index contributed by atoms with van der Waals surface area (Å²) in [7, 11) is 0. The predicted octanol–water partition coefficient (Wildman–Crippen LogP) is 2.88. The summed E-state index contributed by atoms with van der Waals surface area (Å²) < 4.78 is -0.0536. The van der Waals surface area contributed by atoms with E-state index >= 15 is 0 Å². The van der Waals surface area contributed by atoms with Crippen molar-refractivity contribution >= 4 is 11.9 Å². The lowest BCUT2D eigenvalue weighted by Gasteiger charge is -2.46. The molecule has 0 saturated carbocycles. The van der Waals surface area contributed by atoms with E-state index in [4.69, 9.17) is 0 Å². The number of nitrogens with zero attached hydrogens (tertiary/aromatic N) is 1. The van der Waals surface area contributed by atoms with Crippen LogP contribution in [0.3, 0.4) is 0 Å². The summed E-state index contributed by atoms with van der Waals surface area (Å²) >= 11 is 0. The molecule has 0 rings (SSSR count). The van der Waals surface area contributed by atoms with Crippen LogP contribution in [0, 0.1) is 0 Å². The lowest BCUT2D eigenvalue weighted by molar-refractivity contribution is -0.959. The van der Waals surface area contributed by atoms with Gasteiger partial charge in [-0.25, -0.2) is 9.59 Å². The Labute approximate surface area is 146 Å². The minimum Gasteiger partial charge on any atom is -0.477 e. The maximum absolute atomic E-state index is 11.8. The number of aliphatic hydroxyl groups is 1. The van der Waals surface area contributed by atoms with Gasteiger partial charge in [0.25, 0.3) is 0 Å². The highest BCUT2D eigenvalue weighted by atomic mass is 16.4. The van der Waals surface area contributed by atoms with Crippen LogP contribution in [0.4, 0.5) is 0 Å². The van der Waals surface area contributed by atoms with Crippen molar-refractivity contribution in [1.29, 1.82) is 0 Å². The molecule has 0 aromatic carbocycles. The van der Waals surface area contributed by atoms with Crippen molar-refractivity contribution in [2.24, 2.45) is 0 Å². The number of carboxylic acids is 2. The molecule has 24 heavy (non-hydrogen) atoms. The Kier molecular flexibility index (Phi) is 11.7. The fraction of sp³-hybridized carbons (Fsp3) is 0.889. The number of rotatable bonds is 15. The first-order valence-corrected chi connectivity index (χ1v) is 9.34. The van der Waals surface area contributed by atoms with Crippen molar-refractivity contribution < 1.29 is 29.4 Å². The maximum Gasteiger partial charge on any atom is 0.362 e. The first-order chi connectivity index (χ1) is 11.4. The molecule has 0 bridgehead atoms. The molecule has 0 aliphatic carbocycles. The summed E-state index contributed by atoms with van der Waals surface area (Å²) in [6.45, 7) is 6.16. The lowest BCUT2D eigenvalue weighted by Crippen LogP contribution is -2.67. The van der Waals surface area contributed by atoms with Crippen LogP contribution in [0.5, 0.6) is 0 Å². The molecule has 142 valence electrons. The highest BCUT2D eigenvalue weighted by molar-refractivity contribution is 5.75. The summed E-state index contributed by atoms with van der Waals surface area (Å²) in [5.74, 6) is -1.95.